The molecule has 9 heteroatoms. The summed E-state index contributed by atoms with van der Waals surface area (Å²) in [4.78, 5) is 13.6. The predicted octanol–water partition coefficient (Wildman–Crippen LogP) is 4.74. The average molecular weight is 469 g/mol. The van der Waals surface area contributed by atoms with Crippen LogP contribution in [0.5, 0.6) is 0 Å². The molecule has 0 saturated carbocycles. The number of piperidine rings is 1. The van der Waals surface area contributed by atoms with Crippen molar-refractivity contribution in [3.8, 4) is 0 Å². The molecule has 2 aliphatic rings. The molecule has 6 nitrogen and oxygen atoms in total. The number of fused-ring (bicyclic) bond motifs is 1. The third-order valence-corrected chi connectivity index (χ3v) is 6.16. The second kappa shape index (κ2) is 9.89. The SMILES string of the molecule is CCC1N=C(N=C(N=C(N)c2ccccc2C(F)(F)F)C(=N)C2CCNCC2)c2ccccc21. The highest BCUT2D eigenvalue weighted by molar-refractivity contribution is 6.45. The molecule has 4 rings (SSSR count). The Morgan fingerprint density at radius 3 is 2.50 bits per heavy atom. The molecule has 2 aromatic carbocycles. The molecule has 0 bridgehead atoms. The molecule has 1 atom stereocenters. The van der Waals surface area contributed by atoms with Gasteiger partial charge in [0.25, 0.3) is 0 Å². The highest BCUT2D eigenvalue weighted by atomic mass is 19.4. The van der Waals surface area contributed by atoms with Crippen molar-refractivity contribution in [1.82, 2.24) is 5.32 Å². The van der Waals surface area contributed by atoms with Gasteiger partial charge in [-0.05, 0) is 44.0 Å². The minimum atomic E-state index is -4.58. The molecule has 2 aliphatic heterocycles. The van der Waals surface area contributed by atoms with Crippen molar-refractivity contribution in [3.05, 3.63) is 70.8 Å². The first-order chi connectivity index (χ1) is 16.3. The Hall–Kier alpha value is -3.33. The third-order valence-electron chi connectivity index (χ3n) is 6.16. The molecule has 1 unspecified atom stereocenters. The maximum atomic E-state index is 13.6. The van der Waals surface area contributed by atoms with Gasteiger partial charge < -0.3 is 16.5 Å². The lowest BCUT2D eigenvalue weighted by atomic mass is 9.92. The summed E-state index contributed by atoms with van der Waals surface area (Å²) in [5.41, 5.74) is 7.03. The van der Waals surface area contributed by atoms with Crippen LogP contribution in [-0.4, -0.2) is 36.3 Å². The highest BCUT2D eigenvalue weighted by Crippen LogP contribution is 2.33. The van der Waals surface area contributed by atoms with Crippen molar-refractivity contribution >= 4 is 23.2 Å². The number of amidine groups is 3. The molecule has 2 aromatic rings. The zero-order valence-corrected chi connectivity index (χ0v) is 18.9. The lowest BCUT2D eigenvalue weighted by Gasteiger charge is -2.23. The molecule has 34 heavy (non-hydrogen) atoms. The summed E-state index contributed by atoms with van der Waals surface area (Å²) in [5.74, 6) is -0.0126. The average Bonchev–Trinajstić information content (AvgIpc) is 3.20. The molecule has 1 fully saturated rings. The predicted molar refractivity (Wildman–Crippen MR) is 129 cm³/mol. The molecular formula is C25H27F3N6. The van der Waals surface area contributed by atoms with Crippen molar-refractivity contribution in [2.24, 2.45) is 26.6 Å². The van der Waals surface area contributed by atoms with E-state index in [1.165, 1.54) is 18.2 Å². The molecule has 178 valence electrons. The monoisotopic (exact) mass is 468 g/mol. The van der Waals surface area contributed by atoms with Crippen LogP contribution in [0, 0.1) is 11.3 Å². The normalized spacial score (nSPS) is 19.6. The van der Waals surface area contributed by atoms with Crippen molar-refractivity contribution < 1.29 is 13.2 Å². The molecular weight excluding hydrogens is 441 g/mol. The van der Waals surface area contributed by atoms with E-state index in [-0.39, 0.29) is 34.9 Å². The summed E-state index contributed by atoms with van der Waals surface area (Å²) in [6.07, 6.45) is -2.37. The number of halogens is 3. The molecule has 0 aromatic heterocycles. The fraction of sp³-hybridized carbons (Fsp3) is 0.360. The van der Waals surface area contributed by atoms with Gasteiger partial charge in [0.1, 0.15) is 5.84 Å². The van der Waals surface area contributed by atoms with Gasteiger partial charge in [0, 0.05) is 17.0 Å². The first kappa shape index (κ1) is 23.8. The minimum Gasteiger partial charge on any atom is -0.383 e. The van der Waals surface area contributed by atoms with Gasteiger partial charge in [-0.2, -0.15) is 13.2 Å². The summed E-state index contributed by atoms with van der Waals surface area (Å²) in [6, 6.07) is 12.7. The van der Waals surface area contributed by atoms with Gasteiger partial charge >= 0.3 is 6.18 Å². The summed E-state index contributed by atoms with van der Waals surface area (Å²) < 4.78 is 40.7. The lowest BCUT2D eigenvalue weighted by Crippen LogP contribution is -2.35. The van der Waals surface area contributed by atoms with Crippen LogP contribution >= 0.6 is 0 Å². The van der Waals surface area contributed by atoms with Crippen LogP contribution < -0.4 is 11.1 Å². The molecule has 2 heterocycles. The molecule has 4 N–H and O–H groups in total. The van der Waals surface area contributed by atoms with Crippen molar-refractivity contribution in [2.45, 2.75) is 38.4 Å². The van der Waals surface area contributed by atoms with Gasteiger partial charge in [-0.1, -0.05) is 49.4 Å². The summed E-state index contributed by atoms with van der Waals surface area (Å²) in [6.45, 7) is 3.52. The second-order valence-corrected chi connectivity index (χ2v) is 8.38. The molecule has 0 spiro atoms. The van der Waals surface area contributed by atoms with Gasteiger partial charge in [0.2, 0.25) is 0 Å². The maximum Gasteiger partial charge on any atom is 0.417 e. The van der Waals surface area contributed by atoms with E-state index in [0.29, 0.717) is 18.7 Å². The lowest BCUT2D eigenvalue weighted by molar-refractivity contribution is -0.137. The van der Waals surface area contributed by atoms with Crippen LogP contribution in [0.1, 0.15) is 54.5 Å². The van der Waals surface area contributed by atoms with Gasteiger partial charge in [0.15, 0.2) is 11.7 Å². The van der Waals surface area contributed by atoms with Gasteiger partial charge in [0.05, 0.1) is 17.3 Å². The zero-order valence-electron chi connectivity index (χ0n) is 18.9. The molecule has 0 aliphatic carbocycles. The van der Waals surface area contributed by atoms with Gasteiger partial charge in [-0.25, -0.2) is 9.98 Å². The standard InChI is InChI=1S/C25H27F3N6/c1-2-20-16-7-3-4-8-17(16)23(32-20)34-24(21(29)15-11-13-31-14-12-15)33-22(30)18-9-5-6-10-19(18)25(26,27)28/h3-10,15,20,29,31H,2,11-14H2,1H3,(H2,30,32,33,34). The number of nitrogens with two attached hydrogens (primary N) is 1. The van der Waals surface area contributed by atoms with E-state index in [2.05, 4.69) is 15.3 Å². The van der Waals surface area contributed by atoms with Crippen LogP contribution in [-0.2, 0) is 6.18 Å². The summed E-state index contributed by atoms with van der Waals surface area (Å²) in [7, 11) is 0. The number of hydrogen-bond donors (Lipinski definition) is 3. The van der Waals surface area contributed by atoms with Crippen LogP contribution in [0.2, 0.25) is 0 Å². The highest BCUT2D eigenvalue weighted by Gasteiger charge is 2.34. The Kier molecular flexibility index (Phi) is 6.92. The van der Waals surface area contributed by atoms with E-state index >= 15 is 0 Å². The van der Waals surface area contributed by atoms with E-state index in [4.69, 9.17) is 16.1 Å². The summed E-state index contributed by atoms with van der Waals surface area (Å²) in [5, 5.41) is 12.1. The van der Waals surface area contributed by atoms with Crippen LogP contribution in [0.25, 0.3) is 0 Å². The second-order valence-electron chi connectivity index (χ2n) is 8.38. The third kappa shape index (κ3) is 4.94. The van der Waals surface area contributed by atoms with Gasteiger partial charge in [-0.3, -0.25) is 4.99 Å². The zero-order chi connectivity index (χ0) is 24.3. The van der Waals surface area contributed by atoms with Crippen molar-refractivity contribution in [3.63, 3.8) is 0 Å². The number of nitrogens with zero attached hydrogens (tertiary/aromatic N) is 3. The van der Waals surface area contributed by atoms with Crippen LogP contribution in [0.15, 0.2) is 63.5 Å². The van der Waals surface area contributed by atoms with E-state index in [1.54, 1.807) is 0 Å². The topological polar surface area (TPSA) is 99.0 Å². The van der Waals surface area contributed by atoms with Gasteiger partial charge in [-0.15, -0.1) is 0 Å². The number of hydrogen-bond acceptors (Lipinski definition) is 4. The van der Waals surface area contributed by atoms with E-state index < -0.39 is 11.7 Å². The van der Waals surface area contributed by atoms with Crippen molar-refractivity contribution in [1.29, 1.82) is 5.41 Å². The molecule has 0 amide bonds. The van der Waals surface area contributed by atoms with Crippen molar-refractivity contribution in [2.75, 3.05) is 13.1 Å². The number of alkyl halides is 3. The Morgan fingerprint density at radius 2 is 1.79 bits per heavy atom. The first-order valence-electron chi connectivity index (χ1n) is 11.4. The quantitative estimate of drug-likeness (QED) is 0.446. The summed E-state index contributed by atoms with van der Waals surface area (Å²) >= 11 is 0. The Balaban J connectivity index is 1.80. The van der Waals surface area contributed by atoms with E-state index in [1.807, 2.05) is 31.2 Å². The molecule has 0 radical (unpaired) electrons. The van der Waals surface area contributed by atoms with E-state index in [0.717, 1.165) is 36.7 Å². The Labute approximate surface area is 196 Å². The fourth-order valence-corrected chi connectivity index (χ4v) is 4.35. The minimum absolute atomic E-state index is 0.00619. The van der Waals surface area contributed by atoms with Crippen LogP contribution in [0.4, 0.5) is 13.2 Å². The first-order valence-corrected chi connectivity index (χ1v) is 11.4. The largest absolute Gasteiger partial charge is 0.417 e. The van der Waals surface area contributed by atoms with Crippen LogP contribution in [0.3, 0.4) is 0 Å². The number of rotatable bonds is 4. The smallest absolute Gasteiger partial charge is 0.383 e. The number of aliphatic imine (C=N–C) groups is 3. The Bertz CT molecular complexity index is 1160. The maximum absolute atomic E-state index is 13.6. The van der Waals surface area contributed by atoms with E-state index in [9.17, 15) is 13.2 Å². The Morgan fingerprint density at radius 1 is 1.12 bits per heavy atom. The number of nitrogens with one attached hydrogen (secondary N) is 2. The molecule has 1 saturated heterocycles. The fourth-order valence-electron chi connectivity index (χ4n) is 4.35. The number of benzene rings is 2.